The van der Waals surface area contributed by atoms with Crippen molar-refractivity contribution < 1.29 is 14.3 Å². The molecule has 1 heterocycles. The summed E-state index contributed by atoms with van der Waals surface area (Å²) in [6.07, 6.45) is 0.0445. The summed E-state index contributed by atoms with van der Waals surface area (Å²) in [5.74, 6) is -0.667. The van der Waals surface area contributed by atoms with E-state index >= 15 is 0 Å². The van der Waals surface area contributed by atoms with E-state index < -0.39 is 11.9 Å². The maximum atomic E-state index is 13.4. The number of carbonyl (C=O) groups is 1. The third-order valence-electron chi connectivity index (χ3n) is 5.14. The predicted molar refractivity (Wildman–Crippen MR) is 99.6 cm³/mol. The molecule has 132 valence electrons. The molecule has 3 aromatic carbocycles. The van der Waals surface area contributed by atoms with Crippen LogP contribution in [0.5, 0.6) is 0 Å². The van der Waals surface area contributed by atoms with Crippen LogP contribution < -0.4 is 0 Å². The maximum Gasteiger partial charge on any atom is 0.254 e. The maximum absolute atomic E-state index is 13.4. The number of aliphatic hydroxyl groups is 1. The van der Waals surface area contributed by atoms with Gasteiger partial charge in [0, 0.05) is 24.6 Å². The van der Waals surface area contributed by atoms with Crippen LogP contribution in [0.2, 0.25) is 0 Å². The highest BCUT2D eigenvalue weighted by Gasteiger charge is 2.31. The Labute approximate surface area is 151 Å². The number of likely N-dealkylation sites (tertiary alicyclic amines) is 1. The Kier molecular flexibility index (Phi) is 4.43. The number of aliphatic hydroxyl groups excluding tert-OH is 1. The summed E-state index contributed by atoms with van der Waals surface area (Å²) in [6, 6.07) is 20.1. The molecule has 1 N–H and O–H groups in total. The van der Waals surface area contributed by atoms with E-state index in [9.17, 15) is 14.3 Å². The van der Waals surface area contributed by atoms with Crippen molar-refractivity contribution in [2.45, 2.75) is 18.4 Å². The second kappa shape index (κ2) is 6.89. The molecule has 0 spiro atoms. The van der Waals surface area contributed by atoms with Crippen molar-refractivity contribution in [3.8, 4) is 0 Å². The monoisotopic (exact) mass is 349 g/mol. The molecule has 26 heavy (non-hydrogen) atoms. The van der Waals surface area contributed by atoms with Gasteiger partial charge in [-0.3, -0.25) is 4.79 Å². The van der Waals surface area contributed by atoms with Gasteiger partial charge in [-0.2, -0.15) is 0 Å². The molecule has 3 nitrogen and oxygen atoms in total. The van der Waals surface area contributed by atoms with Crippen LogP contribution >= 0.6 is 0 Å². The summed E-state index contributed by atoms with van der Waals surface area (Å²) in [5, 5.41) is 13.0. The van der Waals surface area contributed by atoms with Gasteiger partial charge in [0.15, 0.2) is 0 Å². The highest BCUT2D eigenvalue weighted by Crippen LogP contribution is 2.31. The van der Waals surface area contributed by atoms with E-state index in [0.717, 1.165) is 10.9 Å². The largest absolute Gasteiger partial charge is 0.391 e. The smallest absolute Gasteiger partial charge is 0.254 e. The SMILES string of the molecule is O=C(c1cccc(F)c1)N1CC[C@@H](c2ccc3ccccc3c2)[C@H](O)C1. The molecule has 0 saturated carbocycles. The fraction of sp³-hybridized carbons (Fsp3) is 0.227. The summed E-state index contributed by atoms with van der Waals surface area (Å²) < 4.78 is 13.4. The molecule has 1 fully saturated rings. The second-order valence-electron chi connectivity index (χ2n) is 6.83. The second-order valence-corrected chi connectivity index (χ2v) is 6.83. The number of fused-ring (bicyclic) bond motifs is 1. The Hall–Kier alpha value is -2.72. The molecule has 0 aromatic heterocycles. The van der Waals surface area contributed by atoms with Gasteiger partial charge in [-0.1, -0.05) is 48.5 Å². The third kappa shape index (κ3) is 3.20. The fourth-order valence-electron chi connectivity index (χ4n) is 3.75. The fourth-order valence-corrected chi connectivity index (χ4v) is 3.75. The number of carbonyl (C=O) groups excluding carboxylic acids is 1. The summed E-state index contributed by atoms with van der Waals surface area (Å²) in [7, 11) is 0. The molecule has 4 heteroatoms. The van der Waals surface area contributed by atoms with Crippen molar-refractivity contribution in [3.63, 3.8) is 0 Å². The Balaban J connectivity index is 1.51. The van der Waals surface area contributed by atoms with Crippen LogP contribution in [-0.4, -0.2) is 35.1 Å². The highest BCUT2D eigenvalue weighted by molar-refractivity contribution is 5.94. The average Bonchev–Trinajstić information content (AvgIpc) is 2.67. The molecule has 2 atom stereocenters. The van der Waals surface area contributed by atoms with Gasteiger partial charge in [-0.05, 0) is 41.0 Å². The summed E-state index contributed by atoms with van der Waals surface area (Å²) in [6.45, 7) is 0.802. The van der Waals surface area contributed by atoms with E-state index in [2.05, 4.69) is 30.3 Å². The van der Waals surface area contributed by atoms with Crippen molar-refractivity contribution in [3.05, 3.63) is 83.7 Å². The molecule has 3 aromatic rings. The van der Waals surface area contributed by atoms with Gasteiger partial charge in [0.2, 0.25) is 0 Å². The Morgan fingerprint density at radius 2 is 1.81 bits per heavy atom. The Morgan fingerprint density at radius 3 is 2.58 bits per heavy atom. The minimum Gasteiger partial charge on any atom is -0.391 e. The summed E-state index contributed by atoms with van der Waals surface area (Å²) in [5.41, 5.74) is 1.41. The van der Waals surface area contributed by atoms with Gasteiger partial charge in [0.1, 0.15) is 5.82 Å². The quantitative estimate of drug-likeness (QED) is 0.760. The van der Waals surface area contributed by atoms with E-state index in [0.29, 0.717) is 18.5 Å². The minimum absolute atomic E-state index is 0.00355. The van der Waals surface area contributed by atoms with Crippen LogP contribution in [0.25, 0.3) is 10.8 Å². The van der Waals surface area contributed by atoms with Crippen molar-refractivity contribution in [2.75, 3.05) is 13.1 Å². The number of hydrogen-bond donors (Lipinski definition) is 1. The van der Waals surface area contributed by atoms with Crippen LogP contribution in [0.15, 0.2) is 66.7 Å². The van der Waals surface area contributed by atoms with Gasteiger partial charge in [-0.25, -0.2) is 4.39 Å². The molecule has 0 radical (unpaired) electrons. The number of amides is 1. The summed E-state index contributed by atoms with van der Waals surface area (Å²) in [4.78, 5) is 14.2. The lowest BCUT2D eigenvalue weighted by molar-refractivity contribution is 0.0382. The number of benzene rings is 3. The number of halogens is 1. The molecule has 0 aliphatic carbocycles. The number of β-amino-alcohol motifs (C(OH)–C–C–N with tert-alkyl or cyclic N) is 1. The Morgan fingerprint density at radius 1 is 1.00 bits per heavy atom. The van der Waals surface area contributed by atoms with Crippen LogP contribution in [0.4, 0.5) is 4.39 Å². The molecule has 1 aliphatic rings. The third-order valence-corrected chi connectivity index (χ3v) is 5.14. The number of nitrogens with zero attached hydrogens (tertiary/aromatic N) is 1. The molecule has 0 unspecified atom stereocenters. The molecular formula is C22H20FNO2. The number of hydrogen-bond acceptors (Lipinski definition) is 2. The highest BCUT2D eigenvalue weighted by atomic mass is 19.1. The first-order valence-corrected chi connectivity index (χ1v) is 8.83. The zero-order chi connectivity index (χ0) is 18.1. The van der Waals surface area contributed by atoms with E-state index in [1.54, 1.807) is 11.0 Å². The van der Waals surface area contributed by atoms with Crippen LogP contribution in [0, 0.1) is 5.82 Å². The first-order valence-electron chi connectivity index (χ1n) is 8.83. The predicted octanol–water partition coefficient (Wildman–Crippen LogP) is 3.97. The molecule has 0 bridgehead atoms. The lowest BCUT2D eigenvalue weighted by Crippen LogP contribution is -2.45. The standard InChI is InChI=1S/C22H20FNO2/c23-19-7-3-6-18(13-19)22(26)24-11-10-20(21(25)14-24)17-9-8-15-4-1-2-5-16(15)12-17/h1-9,12-13,20-21,25H,10-11,14H2/t20-,21+/m0/s1. The molecular weight excluding hydrogens is 329 g/mol. The van der Waals surface area contributed by atoms with Crippen LogP contribution in [0.3, 0.4) is 0 Å². The normalized spacial score (nSPS) is 20.3. The molecule has 1 aliphatic heterocycles. The molecule has 4 rings (SSSR count). The molecule has 1 saturated heterocycles. The van der Waals surface area contributed by atoms with Gasteiger partial charge in [-0.15, -0.1) is 0 Å². The zero-order valence-corrected chi connectivity index (χ0v) is 14.3. The van der Waals surface area contributed by atoms with Crippen molar-refractivity contribution in [1.82, 2.24) is 4.90 Å². The van der Waals surface area contributed by atoms with Crippen LogP contribution in [0.1, 0.15) is 28.3 Å². The minimum atomic E-state index is -0.637. The van der Waals surface area contributed by atoms with Gasteiger partial charge >= 0.3 is 0 Å². The lowest BCUT2D eigenvalue weighted by atomic mass is 9.86. The van der Waals surface area contributed by atoms with Crippen molar-refractivity contribution in [1.29, 1.82) is 0 Å². The van der Waals surface area contributed by atoms with Gasteiger partial charge in [0.05, 0.1) is 6.10 Å². The zero-order valence-electron chi connectivity index (χ0n) is 14.3. The van der Waals surface area contributed by atoms with Crippen LogP contribution in [-0.2, 0) is 0 Å². The average molecular weight is 349 g/mol. The van der Waals surface area contributed by atoms with Crippen molar-refractivity contribution in [2.24, 2.45) is 0 Å². The first-order chi connectivity index (χ1) is 12.6. The number of rotatable bonds is 2. The number of piperidine rings is 1. The topological polar surface area (TPSA) is 40.5 Å². The van der Waals surface area contributed by atoms with E-state index in [4.69, 9.17) is 0 Å². The first kappa shape index (κ1) is 16.7. The van der Waals surface area contributed by atoms with E-state index in [1.807, 2.05) is 12.1 Å². The Bertz CT molecular complexity index is 956. The van der Waals surface area contributed by atoms with Crippen molar-refractivity contribution >= 4 is 16.7 Å². The van der Waals surface area contributed by atoms with Gasteiger partial charge in [0.25, 0.3) is 5.91 Å². The van der Waals surface area contributed by atoms with E-state index in [-0.39, 0.29) is 18.4 Å². The molecule has 1 amide bonds. The lowest BCUT2D eigenvalue weighted by Gasteiger charge is -2.36. The van der Waals surface area contributed by atoms with Gasteiger partial charge < -0.3 is 10.0 Å². The summed E-state index contributed by atoms with van der Waals surface area (Å²) >= 11 is 0. The van der Waals surface area contributed by atoms with E-state index in [1.165, 1.54) is 23.6 Å².